The SMILES string of the molecule is CCCCCCCCn1nc(C)c(C=O)c1C. The zero-order valence-electron chi connectivity index (χ0n) is 11.3. The summed E-state index contributed by atoms with van der Waals surface area (Å²) in [6.45, 7) is 7.04. The molecule has 0 saturated carbocycles. The molecule has 0 fully saturated rings. The number of rotatable bonds is 8. The number of hydrogen-bond acceptors (Lipinski definition) is 2. The summed E-state index contributed by atoms with van der Waals surface area (Å²) in [5.41, 5.74) is 2.62. The molecule has 0 spiro atoms. The second kappa shape index (κ2) is 7.25. The molecule has 0 amide bonds. The fourth-order valence-corrected chi connectivity index (χ4v) is 2.14. The third-order valence-corrected chi connectivity index (χ3v) is 3.28. The van der Waals surface area contributed by atoms with Gasteiger partial charge in [0, 0.05) is 12.2 Å². The van der Waals surface area contributed by atoms with Gasteiger partial charge in [-0.3, -0.25) is 9.48 Å². The Morgan fingerprint density at radius 2 is 1.76 bits per heavy atom. The van der Waals surface area contributed by atoms with E-state index in [0.29, 0.717) is 0 Å². The van der Waals surface area contributed by atoms with E-state index in [-0.39, 0.29) is 0 Å². The summed E-state index contributed by atoms with van der Waals surface area (Å²) in [5, 5.41) is 4.40. The van der Waals surface area contributed by atoms with Gasteiger partial charge in [0.15, 0.2) is 6.29 Å². The van der Waals surface area contributed by atoms with Crippen LogP contribution in [0.2, 0.25) is 0 Å². The van der Waals surface area contributed by atoms with Gasteiger partial charge in [0.25, 0.3) is 0 Å². The van der Waals surface area contributed by atoms with Gasteiger partial charge in [-0.15, -0.1) is 0 Å². The normalized spacial score (nSPS) is 10.8. The van der Waals surface area contributed by atoms with Gasteiger partial charge in [0.1, 0.15) is 0 Å². The Morgan fingerprint density at radius 3 is 2.35 bits per heavy atom. The molecule has 0 atom stereocenters. The number of aryl methyl sites for hydroxylation is 2. The van der Waals surface area contributed by atoms with Crippen LogP contribution in [0.1, 0.15) is 67.2 Å². The van der Waals surface area contributed by atoms with Crippen LogP contribution in [0.4, 0.5) is 0 Å². The van der Waals surface area contributed by atoms with E-state index in [9.17, 15) is 4.79 Å². The van der Waals surface area contributed by atoms with Crippen LogP contribution in [0.5, 0.6) is 0 Å². The summed E-state index contributed by atoms with van der Waals surface area (Å²) in [4.78, 5) is 10.9. The van der Waals surface area contributed by atoms with Crippen molar-refractivity contribution in [3.05, 3.63) is 17.0 Å². The smallest absolute Gasteiger partial charge is 0.153 e. The molecule has 0 aromatic carbocycles. The zero-order chi connectivity index (χ0) is 12.7. The Kier molecular flexibility index (Phi) is 5.95. The lowest BCUT2D eigenvalue weighted by Crippen LogP contribution is -2.03. The van der Waals surface area contributed by atoms with Crippen molar-refractivity contribution in [3.63, 3.8) is 0 Å². The molecule has 3 heteroatoms. The van der Waals surface area contributed by atoms with Crippen molar-refractivity contribution in [3.8, 4) is 0 Å². The quantitative estimate of drug-likeness (QED) is 0.510. The Bertz CT molecular complexity index is 355. The first-order chi connectivity index (χ1) is 8.20. The van der Waals surface area contributed by atoms with Gasteiger partial charge in [-0.1, -0.05) is 39.0 Å². The first-order valence-corrected chi connectivity index (χ1v) is 6.69. The van der Waals surface area contributed by atoms with E-state index >= 15 is 0 Å². The molecule has 1 aromatic heterocycles. The van der Waals surface area contributed by atoms with Crippen molar-refractivity contribution in [1.82, 2.24) is 9.78 Å². The van der Waals surface area contributed by atoms with Crippen LogP contribution >= 0.6 is 0 Å². The molecule has 0 aliphatic carbocycles. The molecule has 17 heavy (non-hydrogen) atoms. The fraction of sp³-hybridized carbons (Fsp3) is 0.714. The van der Waals surface area contributed by atoms with E-state index in [1.165, 1.54) is 32.1 Å². The molecule has 0 saturated heterocycles. The van der Waals surface area contributed by atoms with Crippen molar-refractivity contribution in [1.29, 1.82) is 0 Å². The standard InChI is InChI=1S/C14H24N2O/c1-4-5-6-7-8-9-10-16-13(3)14(11-17)12(2)15-16/h11H,4-10H2,1-3H3. The summed E-state index contributed by atoms with van der Waals surface area (Å²) in [6.07, 6.45) is 8.62. The Balaban J connectivity index is 2.34. The Labute approximate surface area is 104 Å². The minimum absolute atomic E-state index is 0.760. The topological polar surface area (TPSA) is 34.9 Å². The average Bonchev–Trinajstić information content (AvgIpc) is 2.58. The predicted octanol–water partition coefficient (Wildman–Crippen LogP) is 3.67. The van der Waals surface area contributed by atoms with Gasteiger partial charge in [-0.2, -0.15) is 5.10 Å². The Hall–Kier alpha value is -1.12. The molecule has 0 N–H and O–H groups in total. The van der Waals surface area contributed by atoms with Crippen molar-refractivity contribution in [2.75, 3.05) is 0 Å². The van der Waals surface area contributed by atoms with E-state index in [4.69, 9.17) is 0 Å². The highest BCUT2D eigenvalue weighted by molar-refractivity contribution is 5.77. The molecule has 3 nitrogen and oxygen atoms in total. The van der Waals surface area contributed by atoms with Gasteiger partial charge >= 0.3 is 0 Å². The van der Waals surface area contributed by atoms with E-state index in [0.717, 1.165) is 36.2 Å². The van der Waals surface area contributed by atoms with Crippen molar-refractivity contribution in [2.45, 2.75) is 65.8 Å². The van der Waals surface area contributed by atoms with Crippen LogP contribution in [0.25, 0.3) is 0 Å². The maximum Gasteiger partial charge on any atom is 0.153 e. The van der Waals surface area contributed by atoms with Gasteiger partial charge in [0.05, 0.1) is 11.3 Å². The second-order valence-corrected chi connectivity index (χ2v) is 4.69. The van der Waals surface area contributed by atoms with Gasteiger partial charge in [-0.05, 0) is 20.3 Å². The molecule has 1 rings (SSSR count). The maximum absolute atomic E-state index is 10.9. The first kappa shape index (κ1) is 13.9. The summed E-state index contributed by atoms with van der Waals surface area (Å²) < 4.78 is 1.97. The maximum atomic E-state index is 10.9. The molecule has 0 aliphatic heterocycles. The summed E-state index contributed by atoms with van der Waals surface area (Å²) in [6, 6.07) is 0. The van der Waals surface area contributed by atoms with E-state index in [1.807, 2.05) is 18.5 Å². The monoisotopic (exact) mass is 236 g/mol. The zero-order valence-corrected chi connectivity index (χ0v) is 11.3. The number of nitrogens with zero attached hydrogens (tertiary/aromatic N) is 2. The number of unbranched alkanes of at least 4 members (excludes halogenated alkanes) is 5. The molecule has 1 aromatic rings. The van der Waals surface area contributed by atoms with Gasteiger partial charge in [-0.25, -0.2) is 0 Å². The predicted molar refractivity (Wildman–Crippen MR) is 70.5 cm³/mol. The first-order valence-electron chi connectivity index (χ1n) is 6.69. The minimum Gasteiger partial charge on any atom is -0.298 e. The lowest BCUT2D eigenvalue weighted by Gasteiger charge is -2.04. The fourth-order valence-electron chi connectivity index (χ4n) is 2.14. The molecular formula is C14H24N2O. The van der Waals surface area contributed by atoms with Crippen molar-refractivity contribution in [2.24, 2.45) is 0 Å². The molecule has 96 valence electrons. The lowest BCUT2D eigenvalue weighted by molar-refractivity contribution is 0.112. The number of carbonyl (C=O) groups is 1. The van der Waals surface area contributed by atoms with Gasteiger partial charge < -0.3 is 0 Å². The highest BCUT2D eigenvalue weighted by Crippen LogP contribution is 2.12. The van der Waals surface area contributed by atoms with Crippen LogP contribution in [0.15, 0.2) is 0 Å². The van der Waals surface area contributed by atoms with Crippen LogP contribution in [-0.2, 0) is 6.54 Å². The third kappa shape index (κ3) is 3.99. The van der Waals surface area contributed by atoms with Crippen LogP contribution in [0, 0.1) is 13.8 Å². The van der Waals surface area contributed by atoms with E-state index < -0.39 is 0 Å². The van der Waals surface area contributed by atoms with Crippen LogP contribution in [0.3, 0.4) is 0 Å². The largest absolute Gasteiger partial charge is 0.298 e. The second-order valence-electron chi connectivity index (χ2n) is 4.69. The highest BCUT2D eigenvalue weighted by Gasteiger charge is 2.09. The number of carbonyl (C=O) groups excluding carboxylic acids is 1. The van der Waals surface area contributed by atoms with Crippen LogP contribution < -0.4 is 0 Å². The summed E-state index contributed by atoms with van der Waals surface area (Å²) >= 11 is 0. The lowest BCUT2D eigenvalue weighted by atomic mass is 10.1. The van der Waals surface area contributed by atoms with Crippen molar-refractivity contribution < 1.29 is 4.79 Å². The number of aromatic nitrogens is 2. The number of aldehydes is 1. The van der Waals surface area contributed by atoms with E-state index in [1.54, 1.807) is 0 Å². The third-order valence-electron chi connectivity index (χ3n) is 3.28. The molecule has 0 unspecified atom stereocenters. The average molecular weight is 236 g/mol. The Morgan fingerprint density at radius 1 is 1.12 bits per heavy atom. The molecular weight excluding hydrogens is 212 g/mol. The summed E-state index contributed by atoms with van der Waals surface area (Å²) in [5.74, 6) is 0. The minimum atomic E-state index is 0.760. The molecule has 0 bridgehead atoms. The van der Waals surface area contributed by atoms with E-state index in [2.05, 4.69) is 12.0 Å². The van der Waals surface area contributed by atoms with Crippen molar-refractivity contribution >= 4 is 6.29 Å². The molecule has 0 radical (unpaired) electrons. The van der Waals surface area contributed by atoms with Crippen LogP contribution in [-0.4, -0.2) is 16.1 Å². The van der Waals surface area contributed by atoms with Gasteiger partial charge in [0.2, 0.25) is 0 Å². The molecule has 0 aliphatic rings. The number of hydrogen-bond donors (Lipinski definition) is 0. The summed E-state index contributed by atoms with van der Waals surface area (Å²) in [7, 11) is 0. The molecule has 1 heterocycles. The highest BCUT2D eigenvalue weighted by atomic mass is 16.1.